The Kier molecular flexibility index (Phi) is 2.63. The summed E-state index contributed by atoms with van der Waals surface area (Å²) in [4.78, 5) is 3.33. The average Bonchev–Trinajstić information content (AvgIpc) is 3.02. The number of fused-ring (bicyclic) bond motifs is 1. The Hall–Kier alpha value is -1.09. The third-order valence-corrected chi connectivity index (χ3v) is 4.84. The van der Waals surface area contributed by atoms with Crippen LogP contribution in [0.15, 0.2) is 18.2 Å². The molecular weight excluding hydrogens is 240 g/mol. The van der Waals surface area contributed by atoms with Crippen molar-refractivity contribution < 1.29 is 0 Å². The highest BCUT2D eigenvalue weighted by atomic mass is 32.1. The number of aromatic amines is 1. The summed E-state index contributed by atoms with van der Waals surface area (Å²) in [6.45, 7) is 7.84. The fourth-order valence-electron chi connectivity index (χ4n) is 2.83. The van der Waals surface area contributed by atoms with E-state index in [9.17, 15) is 0 Å². The van der Waals surface area contributed by atoms with Crippen molar-refractivity contribution in [3.63, 3.8) is 0 Å². The maximum atomic E-state index is 5.49. The monoisotopic (exact) mass is 260 g/mol. The van der Waals surface area contributed by atoms with Gasteiger partial charge in [0.05, 0.1) is 11.0 Å². The topological polar surface area (TPSA) is 20.7 Å². The van der Waals surface area contributed by atoms with Gasteiger partial charge in [0, 0.05) is 6.54 Å². The molecule has 0 amide bonds. The molecule has 3 rings (SSSR count). The molecular formula is C15H20N2S. The lowest BCUT2D eigenvalue weighted by Gasteiger charge is -2.20. The van der Waals surface area contributed by atoms with Gasteiger partial charge in [-0.3, -0.25) is 0 Å². The molecule has 0 unspecified atom stereocenters. The summed E-state index contributed by atoms with van der Waals surface area (Å²) in [5, 5.41) is 0. The van der Waals surface area contributed by atoms with Gasteiger partial charge in [0.25, 0.3) is 0 Å². The molecule has 3 heteroatoms. The van der Waals surface area contributed by atoms with Crippen molar-refractivity contribution in [2.24, 2.45) is 11.3 Å². The number of aryl methyl sites for hydroxylation is 1. The summed E-state index contributed by atoms with van der Waals surface area (Å²) >= 11 is 5.49. The van der Waals surface area contributed by atoms with Crippen LogP contribution in [0, 0.1) is 23.0 Å². The highest BCUT2D eigenvalue weighted by molar-refractivity contribution is 7.71. The highest BCUT2D eigenvalue weighted by Crippen LogP contribution is 2.53. The number of hydrogen-bond acceptors (Lipinski definition) is 1. The standard InChI is InChI=1S/C15H20N2S/c1-10(2)15(6-7-15)9-17-13-5-4-11(3)8-12(13)16-14(17)18/h4-5,8,10H,6-7,9H2,1-3H3,(H,16,18). The average molecular weight is 260 g/mol. The zero-order valence-corrected chi connectivity index (χ0v) is 12.1. The molecule has 1 aromatic heterocycles. The molecule has 96 valence electrons. The minimum absolute atomic E-state index is 0.484. The van der Waals surface area contributed by atoms with Crippen LogP contribution >= 0.6 is 12.2 Å². The third kappa shape index (κ3) is 1.81. The Morgan fingerprint density at radius 2 is 2.11 bits per heavy atom. The number of rotatable bonds is 3. The van der Waals surface area contributed by atoms with Gasteiger partial charge in [-0.05, 0) is 61.0 Å². The van der Waals surface area contributed by atoms with Crippen LogP contribution in [-0.4, -0.2) is 9.55 Å². The molecule has 1 aliphatic rings. The molecule has 0 bridgehead atoms. The van der Waals surface area contributed by atoms with Crippen molar-refractivity contribution in [1.82, 2.24) is 9.55 Å². The van der Waals surface area contributed by atoms with Gasteiger partial charge in [-0.25, -0.2) is 0 Å². The number of nitrogens with zero attached hydrogens (tertiary/aromatic N) is 1. The Morgan fingerprint density at radius 1 is 1.39 bits per heavy atom. The largest absolute Gasteiger partial charge is 0.331 e. The molecule has 1 heterocycles. The van der Waals surface area contributed by atoms with Gasteiger partial charge in [0.1, 0.15) is 0 Å². The molecule has 0 saturated heterocycles. The minimum Gasteiger partial charge on any atom is -0.331 e. The van der Waals surface area contributed by atoms with Crippen LogP contribution in [0.1, 0.15) is 32.3 Å². The van der Waals surface area contributed by atoms with Crippen molar-refractivity contribution >= 4 is 23.3 Å². The number of hydrogen-bond donors (Lipinski definition) is 1. The Balaban J connectivity index is 2.07. The SMILES string of the molecule is Cc1ccc2c(c1)[nH]c(=S)n2CC1(C(C)C)CC1. The van der Waals surface area contributed by atoms with Gasteiger partial charge in [0.15, 0.2) is 4.77 Å². The second-order valence-electron chi connectivity index (χ2n) is 6.05. The quantitative estimate of drug-likeness (QED) is 0.809. The number of aromatic nitrogens is 2. The van der Waals surface area contributed by atoms with Gasteiger partial charge >= 0.3 is 0 Å². The van der Waals surface area contributed by atoms with Crippen LogP contribution in [0.3, 0.4) is 0 Å². The smallest absolute Gasteiger partial charge is 0.178 e. The van der Waals surface area contributed by atoms with E-state index in [1.807, 2.05) is 0 Å². The van der Waals surface area contributed by atoms with Gasteiger partial charge in [-0.15, -0.1) is 0 Å². The van der Waals surface area contributed by atoms with Crippen molar-refractivity contribution in [2.45, 2.75) is 40.2 Å². The Bertz CT molecular complexity index is 644. The van der Waals surface area contributed by atoms with E-state index < -0.39 is 0 Å². The molecule has 2 aromatic rings. The molecule has 1 saturated carbocycles. The summed E-state index contributed by atoms with van der Waals surface area (Å²) in [5.41, 5.74) is 4.17. The lowest BCUT2D eigenvalue weighted by Crippen LogP contribution is -2.17. The van der Waals surface area contributed by atoms with E-state index in [0.29, 0.717) is 5.41 Å². The summed E-state index contributed by atoms with van der Waals surface area (Å²) in [5.74, 6) is 0.731. The van der Waals surface area contributed by atoms with E-state index in [2.05, 4.69) is 48.5 Å². The maximum Gasteiger partial charge on any atom is 0.178 e. The van der Waals surface area contributed by atoms with E-state index in [0.717, 1.165) is 17.2 Å². The van der Waals surface area contributed by atoms with Crippen LogP contribution < -0.4 is 0 Å². The lowest BCUT2D eigenvalue weighted by atomic mass is 9.92. The number of H-pyrrole nitrogens is 1. The van der Waals surface area contributed by atoms with Gasteiger partial charge < -0.3 is 9.55 Å². The molecule has 1 aromatic carbocycles. The molecule has 2 nitrogen and oxygen atoms in total. The molecule has 1 aliphatic carbocycles. The van der Waals surface area contributed by atoms with Gasteiger partial charge in [-0.2, -0.15) is 0 Å². The van der Waals surface area contributed by atoms with E-state index in [1.54, 1.807) is 0 Å². The predicted molar refractivity (Wildman–Crippen MR) is 78.4 cm³/mol. The van der Waals surface area contributed by atoms with Crippen LogP contribution in [-0.2, 0) is 6.54 Å². The summed E-state index contributed by atoms with van der Waals surface area (Å²) in [6.07, 6.45) is 2.68. The van der Waals surface area contributed by atoms with Crippen molar-refractivity contribution in [2.75, 3.05) is 0 Å². The Morgan fingerprint density at radius 3 is 2.72 bits per heavy atom. The Labute approximate surface area is 113 Å². The van der Waals surface area contributed by atoms with E-state index in [4.69, 9.17) is 12.2 Å². The molecule has 1 fully saturated rings. The second kappa shape index (κ2) is 3.95. The van der Waals surface area contributed by atoms with Crippen LogP contribution in [0.5, 0.6) is 0 Å². The third-order valence-electron chi connectivity index (χ3n) is 4.52. The first-order chi connectivity index (χ1) is 8.52. The summed E-state index contributed by atoms with van der Waals surface area (Å²) in [7, 11) is 0. The maximum absolute atomic E-state index is 5.49. The fraction of sp³-hybridized carbons (Fsp3) is 0.533. The fourth-order valence-corrected chi connectivity index (χ4v) is 3.10. The van der Waals surface area contributed by atoms with Crippen LogP contribution in [0.4, 0.5) is 0 Å². The van der Waals surface area contributed by atoms with Crippen LogP contribution in [0.25, 0.3) is 11.0 Å². The lowest BCUT2D eigenvalue weighted by molar-refractivity contribution is 0.311. The first-order valence-corrected chi connectivity index (χ1v) is 7.12. The summed E-state index contributed by atoms with van der Waals surface area (Å²) < 4.78 is 3.15. The van der Waals surface area contributed by atoms with Crippen molar-refractivity contribution in [3.8, 4) is 0 Å². The normalized spacial score (nSPS) is 17.6. The number of nitrogens with one attached hydrogen (secondary N) is 1. The van der Waals surface area contributed by atoms with Gasteiger partial charge in [0.2, 0.25) is 0 Å². The molecule has 18 heavy (non-hydrogen) atoms. The number of imidazole rings is 1. The van der Waals surface area contributed by atoms with Crippen LogP contribution in [0.2, 0.25) is 0 Å². The highest BCUT2D eigenvalue weighted by Gasteiger charge is 2.45. The van der Waals surface area contributed by atoms with Gasteiger partial charge in [-0.1, -0.05) is 19.9 Å². The van der Waals surface area contributed by atoms with Crippen molar-refractivity contribution in [3.05, 3.63) is 28.5 Å². The minimum atomic E-state index is 0.484. The second-order valence-corrected chi connectivity index (χ2v) is 6.44. The summed E-state index contributed by atoms with van der Waals surface area (Å²) in [6, 6.07) is 6.53. The molecule has 0 spiro atoms. The van der Waals surface area contributed by atoms with E-state index >= 15 is 0 Å². The first-order valence-electron chi connectivity index (χ1n) is 6.71. The molecule has 1 N–H and O–H groups in total. The molecule has 0 radical (unpaired) electrons. The first kappa shape index (κ1) is 12.0. The zero-order chi connectivity index (χ0) is 12.9. The zero-order valence-electron chi connectivity index (χ0n) is 11.3. The molecule has 0 aliphatic heterocycles. The molecule has 0 atom stereocenters. The van der Waals surface area contributed by atoms with E-state index in [-0.39, 0.29) is 0 Å². The predicted octanol–water partition coefficient (Wildman–Crippen LogP) is 4.44. The van der Waals surface area contributed by atoms with E-state index in [1.165, 1.54) is 29.4 Å². The number of benzene rings is 1. The van der Waals surface area contributed by atoms with Crippen molar-refractivity contribution in [1.29, 1.82) is 0 Å².